The lowest BCUT2D eigenvalue weighted by Gasteiger charge is -2.26. The molecule has 0 bridgehead atoms. The number of carbonyl (C=O) groups is 2. The standard InChI is InChI=1S/C18H26N2O3/c1-2-16(18(22)23)19-11-6-12-20(14-13-19)17(21)10-9-15-7-4-3-5-8-15/h3-5,7-8,16H,2,6,9-14H2,1H3,(H,22,23)/t16-/m0/s1. The van der Waals surface area contributed by atoms with Crippen LogP contribution in [0.5, 0.6) is 0 Å². The quantitative estimate of drug-likeness (QED) is 0.872. The second-order valence-corrected chi connectivity index (χ2v) is 6.02. The molecule has 1 N–H and O–H groups in total. The van der Waals surface area contributed by atoms with Gasteiger partial charge >= 0.3 is 5.97 Å². The second kappa shape index (κ2) is 8.67. The molecule has 0 aromatic heterocycles. The lowest BCUT2D eigenvalue weighted by Crippen LogP contribution is -2.43. The third-order valence-electron chi connectivity index (χ3n) is 4.47. The highest BCUT2D eigenvalue weighted by molar-refractivity contribution is 5.76. The molecule has 1 atom stereocenters. The number of hydrogen-bond donors (Lipinski definition) is 1. The molecule has 1 amide bonds. The van der Waals surface area contributed by atoms with E-state index in [1.54, 1.807) is 0 Å². The normalized spacial score (nSPS) is 17.5. The number of carboxylic acids is 1. The minimum Gasteiger partial charge on any atom is -0.480 e. The Balaban J connectivity index is 1.84. The molecule has 1 aliphatic heterocycles. The van der Waals surface area contributed by atoms with Crippen molar-refractivity contribution in [1.82, 2.24) is 9.80 Å². The summed E-state index contributed by atoms with van der Waals surface area (Å²) in [6, 6.07) is 9.59. The van der Waals surface area contributed by atoms with Crippen LogP contribution in [0.15, 0.2) is 30.3 Å². The summed E-state index contributed by atoms with van der Waals surface area (Å²) in [6.45, 7) is 4.62. The highest BCUT2D eigenvalue weighted by Gasteiger charge is 2.27. The van der Waals surface area contributed by atoms with E-state index < -0.39 is 12.0 Å². The maximum Gasteiger partial charge on any atom is 0.320 e. The zero-order valence-electron chi connectivity index (χ0n) is 13.8. The Bertz CT molecular complexity index is 518. The van der Waals surface area contributed by atoms with Crippen LogP contribution in [0.3, 0.4) is 0 Å². The monoisotopic (exact) mass is 318 g/mol. The van der Waals surface area contributed by atoms with Gasteiger partial charge in [-0.25, -0.2) is 0 Å². The summed E-state index contributed by atoms with van der Waals surface area (Å²) in [6.07, 6.45) is 2.70. The fraction of sp³-hybridized carbons (Fsp3) is 0.556. The van der Waals surface area contributed by atoms with Gasteiger partial charge in [0.2, 0.25) is 5.91 Å². The van der Waals surface area contributed by atoms with Gasteiger partial charge in [0.05, 0.1) is 0 Å². The number of aliphatic carboxylic acids is 1. The summed E-state index contributed by atoms with van der Waals surface area (Å²) in [5.41, 5.74) is 1.18. The SMILES string of the molecule is CC[C@@H](C(=O)O)N1CCCN(C(=O)CCc2ccccc2)CC1. The van der Waals surface area contributed by atoms with Crippen LogP contribution in [0.2, 0.25) is 0 Å². The highest BCUT2D eigenvalue weighted by atomic mass is 16.4. The minimum atomic E-state index is -0.767. The van der Waals surface area contributed by atoms with E-state index in [9.17, 15) is 14.7 Å². The molecule has 1 aromatic rings. The molecule has 1 heterocycles. The second-order valence-electron chi connectivity index (χ2n) is 6.02. The summed E-state index contributed by atoms with van der Waals surface area (Å²) < 4.78 is 0. The molecule has 0 saturated carbocycles. The molecule has 0 aliphatic carbocycles. The molecule has 1 fully saturated rings. The van der Waals surface area contributed by atoms with Gasteiger partial charge in [0, 0.05) is 32.6 Å². The summed E-state index contributed by atoms with van der Waals surface area (Å²) in [5.74, 6) is -0.601. The smallest absolute Gasteiger partial charge is 0.320 e. The Kier molecular flexibility index (Phi) is 6.59. The Morgan fingerprint density at radius 2 is 1.87 bits per heavy atom. The molecule has 0 radical (unpaired) electrons. The zero-order valence-corrected chi connectivity index (χ0v) is 13.8. The molecule has 126 valence electrons. The fourth-order valence-electron chi connectivity index (χ4n) is 3.14. The largest absolute Gasteiger partial charge is 0.480 e. The number of hydrogen-bond acceptors (Lipinski definition) is 3. The van der Waals surface area contributed by atoms with Crippen LogP contribution in [0.1, 0.15) is 31.7 Å². The van der Waals surface area contributed by atoms with Gasteiger partial charge in [0.1, 0.15) is 6.04 Å². The zero-order chi connectivity index (χ0) is 16.7. The van der Waals surface area contributed by atoms with E-state index in [2.05, 4.69) is 0 Å². The van der Waals surface area contributed by atoms with Crippen LogP contribution in [0, 0.1) is 0 Å². The molecule has 0 spiro atoms. The van der Waals surface area contributed by atoms with Gasteiger partial charge in [-0.3, -0.25) is 14.5 Å². The highest BCUT2D eigenvalue weighted by Crippen LogP contribution is 2.12. The lowest BCUT2D eigenvalue weighted by atomic mass is 10.1. The molecular formula is C18H26N2O3. The number of nitrogens with zero attached hydrogens (tertiary/aromatic N) is 2. The first kappa shape index (κ1) is 17.5. The van der Waals surface area contributed by atoms with Gasteiger partial charge in [-0.2, -0.15) is 0 Å². The third-order valence-corrected chi connectivity index (χ3v) is 4.47. The molecule has 0 unspecified atom stereocenters. The van der Waals surface area contributed by atoms with Gasteiger partial charge in [-0.15, -0.1) is 0 Å². The first-order chi connectivity index (χ1) is 11.1. The Morgan fingerprint density at radius 3 is 2.52 bits per heavy atom. The van der Waals surface area contributed by atoms with Crippen LogP contribution in [-0.4, -0.2) is 59.0 Å². The van der Waals surface area contributed by atoms with Crippen molar-refractivity contribution >= 4 is 11.9 Å². The first-order valence-electron chi connectivity index (χ1n) is 8.40. The molecular weight excluding hydrogens is 292 g/mol. The van der Waals surface area contributed by atoms with Gasteiger partial charge in [0.25, 0.3) is 0 Å². The molecule has 1 aliphatic rings. The Labute approximate surface area is 137 Å². The van der Waals surface area contributed by atoms with Crippen LogP contribution in [0.25, 0.3) is 0 Å². The van der Waals surface area contributed by atoms with E-state index in [0.29, 0.717) is 25.9 Å². The third kappa shape index (κ3) is 5.06. The predicted molar refractivity (Wildman–Crippen MR) is 89.2 cm³/mol. The van der Waals surface area contributed by atoms with Crippen molar-refractivity contribution in [1.29, 1.82) is 0 Å². The molecule has 2 rings (SSSR count). The van der Waals surface area contributed by atoms with Crippen molar-refractivity contribution in [2.75, 3.05) is 26.2 Å². The number of aryl methyl sites for hydroxylation is 1. The maximum atomic E-state index is 12.4. The van der Waals surface area contributed by atoms with Crippen LogP contribution in [-0.2, 0) is 16.0 Å². The average molecular weight is 318 g/mol. The summed E-state index contributed by atoms with van der Waals surface area (Å²) >= 11 is 0. The minimum absolute atomic E-state index is 0.166. The van der Waals surface area contributed by atoms with Gasteiger partial charge in [-0.05, 0) is 24.8 Å². The van der Waals surface area contributed by atoms with E-state index >= 15 is 0 Å². The number of amides is 1. The molecule has 1 aromatic carbocycles. The summed E-state index contributed by atoms with van der Waals surface area (Å²) in [7, 11) is 0. The maximum absolute atomic E-state index is 12.4. The van der Waals surface area contributed by atoms with E-state index in [4.69, 9.17) is 0 Å². The van der Waals surface area contributed by atoms with Gasteiger partial charge in [-0.1, -0.05) is 37.3 Å². The van der Waals surface area contributed by atoms with Crippen LogP contribution in [0.4, 0.5) is 0 Å². The van der Waals surface area contributed by atoms with E-state index in [1.807, 2.05) is 47.1 Å². The van der Waals surface area contributed by atoms with E-state index in [0.717, 1.165) is 25.9 Å². The summed E-state index contributed by atoms with van der Waals surface area (Å²) in [4.78, 5) is 27.6. The number of carboxylic acid groups (broad SMARTS) is 1. The van der Waals surface area contributed by atoms with Crippen LogP contribution < -0.4 is 0 Å². The van der Waals surface area contributed by atoms with Crippen molar-refractivity contribution in [3.05, 3.63) is 35.9 Å². The topological polar surface area (TPSA) is 60.9 Å². The molecule has 5 heteroatoms. The predicted octanol–water partition coefficient (Wildman–Crippen LogP) is 2.02. The molecule has 23 heavy (non-hydrogen) atoms. The molecule has 1 saturated heterocycles. The number of carbonyl (C=O) groups excluding carboxylic acids is 1. The van der Waals surface area contributed by atoms with E-state index in [-0.39, 0.29) is 5.91 Å². The van der Waals surface area contributed by atoms with Crippen molar-refractivity contribution < 1.29 is 14.7 Å². The fourth-order valence-corrected chi connectivity index (χ4v) is 3.14. The summed E-state index contributed by atoms with van der Waals surface area (Å²) in [5, 5.41) is 9.28. The number of benzene rings is 1. The average Bonchev–Trinajstić information content (AvgIpc) is 2.80. The van der Waals surface area contributed by atoms with E-state index in [1.165, 1.54) is 5.56 Å². The Morgan fingerprint density at radius 1 is 1.13 bits per heavy atom. The first-order valence-corrected chi connectivity index (χ1v) is 8.40. The number of rotatable bonds is 6. The van der Waals surface area contributed by atoms with Crippen LogP contribution >= 0.6 is 0 Å². The molecule has 5 nitrogen and oxygen atoms in total. The van der Waals surface area contributed by atoms with Crippen molar-refractivity contribution in [2.24, 2.45) is 0 Å². The van der Waals surface area contributed by atoms with Crippen molar-refractivity contribution in [3.8, 4) is 0 Å². The van der Waals surface area contributed by atoms with Crippen molar-refractivity contribution in [3.63, 3.8) is 0 Å². The van der Waals surface area contributed by atoms with Crippen molar-refractivity contribution in [2.45, 2.75) is 38.6 Å². The van der Waals surface area contributed by atoms with Gasteiger partial charge in [0.15, 0.2) is 0 Å². The van der Waals surface area contributed by atoms with Gasteiger partial charge < -0.3 is 10.0 Å². The lowest BCUT2D eigenvalue weighted by molar-refractivity contribution is -0.143. The Hall–Kier alpha value is -1.88.